The highest BCUT2D eigenvalue weighted by molar-refractivity contribution is 7.99. The van der Waals surface area contributed by atoms with Crippen molar-refractivity contribution in [3.63, 3.8) is 0 Å². The summed E-state index contributed by atoms with van der Waals surface area (Å²) in [7, 11) is 0. The van der Waals surface area contributed by atoms with Gasteiger partial charge in [0.05, 0.1) is 5.75 Å². The molecule has 0 spiro atoms. The molecule has 1 aliphatic carbocycles. The van der Waals surface area contributed by atoms with E-state index in [0.29, 0.717) is 27.4 Å². The lowest BCUT2D eigenvalue weighted by Gasteiger charge is -2.19. The number of Topliss-reactive ketones (excluding diaryl/α,β-unsaturated/α-hetero) is 1. The summed E-state index contributed by atoms with van der Waals surface area (Å²) < 4.78 is 5.60. The number of halogens is 1. The van der Waals surface area contributed by atoms with Gasteiger partial charge in [0.1, 0.15) is 11.3 Å². The van der Waals surface area contributed by atoms with Gasteiger partial charge in [-0.05, 0) is 25.0 Å². The summed E-state index contributed by atoms with van der Waals surface area (Å²) in [4.78, 5) is 16.5. The van der Waals surface area contributed by atoms with Crippen molar-refractivity contribution in [3.8, 4) is 0 Å². The molecule has 1 saturated carbocycles. The second kappa shape index (κ2) is 6.19. The summed E-state index contributed by atoms with van der Waals surface area (Å²) in [6.07, 6.45) is 5.72. The van der Waals surface area contributed by atoms with E-state index < -0.39 is 0 Å². The van der Waals surface area contributed by atoms with Crippen LogP contribution in [0.2, 0.25) is 5.02 Å². The molecule has 1 fully saturated rings. The van der Waals surface area contributed by atoms with Crippen molar-refractivity contribution >= 4 is 40.2 Å². The first-order chi connectivity index (χ1) is 9.72. The number of nitrogens with zero attached hydrogens (tertiary/aromatic N) is 1. The van der Waals surface area contributed by atoms with Crippen molar-refractivity contribution in [2.24, 2.45) is 5.92 Å². The van der Waals surface area contributed by atoms with Gasteiger partial charge in [-0.1, -0.05) is 42.6 Å². The quantitative estimate of drug-likeness (QED) is 0.766. The summed E-state index contributed by atoms with van der Waals surface area (Å²) >= 11 is 7.29. The third kappa shape index (κ3) is 3.18. The first kappa shape index (κ1) is 14.0. The minimum atomic E-state index is 0.245. The molecule has 0 aliphatic heterocycles. The third-order valence-corrected chi connectivity index (χ3v) is 4.81. The summed E-state index contributed by atoms with van der Waals surface area (Å²) in [6.45, 7) is 0. The van der Waals surface area contributed by atoms with Crippen LogP contribution in [-0.4, -0.2) is 16.5 Å². The fourth-order valence-electron chi connectivity index (χ4n) is 2.61. The Hall–Kier alpha value is -1.00. The predicted molar refractivity (Wildman–Crippen MR) is 81.3 cm³/mol. The van der Waals surface area contributed by atoms with E-state index in [1.165, 1.54) is 31.0 Å². The van der Waals surface area contributed by atoms with Gasteiger partial charge in [0.2, 0.25) is 0 Å². The second-order valence-electron chi connectivity index (χ2n) is 5.18. The minimum absolute atomic E-state index is 0.245. The van der Waals surface area contributed by atoms with Crippen LogP contribution in [0.5, 0.6) is 0 Å². The van der Waals surface area contributed by atoms with Crippen LogP contribution in [0.4, 0.5) is 0 Å². The van der Waals surface area contributed by atoms with E-state index in [0.717, 1.165) is 18.4 Å². The average molecular weight is 310 g/mol. The van der Waals surface area contributed by atoms with Crippen molar-refractivity contribution in [1.29, 1.82) is 0 Å². The van der Waals surface area contributed by atoms with Gasteiger partial charge in [0, 0.05) is 17.0 Å². The number of thioether (sulfide) groups is 1. The first-order valence-electron chi connectivity index (χ1n) is 6.94. The molecule has 0 amide bonds. The molecule has 106 valence electrons. The minimum Gasteiger partial charge on any atom is -0.431 e. The molecule has 5 heteroatoms. The number of hydrogen-bond donors (Lipinski definition) is 0. The molecule has 0 atom stereocenters. The van der Waals surface area contributed by atoms with Crippen molar-refractivity contribution in [2.45, 2.75) is 37.3 Å². The molecule has 20 heavy (non-hydrogen) atoms. The number of hydrogen-bond acceptors (Lipinski definition) is 4. The van der Waals surface area contributed by atoms with Gasteiger partial charge in [-0.25, -0.2) is 4.98 Å². The third-order valence-electron chi connectivity index (χ3n) is 3.73. The van der Waals surface area contributed by atoms with Gasteiger partial charge in [0.25, 0.3) is 5.22 Å². The smallest absolute Gasteiger partial charge is 0.257 e. The number of rotatable bonds is 4. The van der Waals surface area contributed by atoms with Crippen LogP contribution in [0.3, 0.4) is 0 Å². The van der Waals surface area contributed by atoms with Gasteiger partial charge in [-0.3, -0.25) is 4.79 Å². The number of aromatic nitrogens is 1. The van der Waals surface area contributed by atoms with Gasteiger partial charge in [0.15, 0.2) is 5.58 Å². The highest BCUT2D eigenvalue weighted by atomic mass is 35.5. The molecule has 1 aliphatic rings. The molecule has 2 aromatic rings. The lowest BCUT2D eigenvalue weighted by molar-refractivity contribution is -0.121. The lowest BCUT2D eigenvalue weighted by atomic mass is 9.87. The molecule has 0 bridgehead atoms. The SMILES string of the molecule is O=C(CSc1nc2ccc(Cl)cc2o1)C1CCCCC1. The largest absolute Gasteiger partial charge is 0.431 e. The van der Waals surface area contributed by atoms with Crippen LogP contribution in [-0.2, 0) is 4.79 Å². The summed E-state index contributed by atoms with van der Waals surface area (Å²) in [5.74, 6) is 1.02. The molecule has 1 aromatic carbocycles. The lowest BCUT2D eigenvalue weighted by Crippen LogP contribution is -2.19. The van der Waals surface area contributed by atoms with Crippen LogP contribution in [0, 0.1) is 5.92 Å². The Bertz CT molecular complexity index is 619. The predicted octanol–water partition coefficient (Wildman–Crippen LogP) is 4.72. The summed E-state index contributed by atoms with van der Waals surface area (Å²) in [6, 6.07) is 5.36. The molecule has 0 unspecified atom stereocenters. The monoisotopic (exact) mass is 309 g/mol. The molecule has 0 radical (unpaired) electrons. The van der Waals surface area contributed by atoms with E-state index in [4.69, 9.17) is 16.0 Å². The number of fused-ring (bicyclic) bond motifs is 1. The molecular weight excluding hydrogens is 294 g/mol. The van der Waals surface area contributed by atoms with E-state index in [9.17, 15) is 4.79 Å². The van der Waals surface area contributed by atoms with E-state index in [1.54, 1.807) is 12.1 Å². The maximum atomic E-state index is 12.1. The van der Waals surface area contributed by atoms with Gasteiger partial charge in [-0.2, -0.15) is 0 Å². The summed E-state index contributed by atoms with van der Waals surface area (Å²) in [5, 5.41) is 1.18. The van der Waals surface area contributed by atoms with Crippen LogP contribution < -0.4 is 0 Å². The van der Waals surface area contributed by atoms with Crippen molar-refractivity contribution in [2.75, 3.05) is 5.75 Å². The van der Waals surface area contributed by atoms with Crippen LogP contribution in [0.1, 0.15) is 32.1 Å². The molecule has 1 heterocycles. The van der Waals surface area contributed by atoms with Crippen molar-refractivity contribution < 1.29 is 9.21 Å². The van der Waals surface area contributed by atoms with Gasteiger partial charge in [-0.15, -0.1) is 0 Å². The van der Waals surface area contributed by atoms with E-state index in [1.807, 2.05) is 6.07 Å². The Morgan fingerprint density at radius 2 is 2.15 bits per heavy atom. The number of carbonyl (C=O) groups is 1. The average Bonchev–Trinajstić information content (AvgIpc) is 2.87. The topological polar surface area (TPSA) is 43.1 Å². The maximum absolute atomic E-state index is 12.1. The first-order valence-corrected chi connectivity index (χ1v) is 8.30. The molecule has 3 nitrogen and oxygen atoms in total. The number of benzene rings is 1. The Balaban J connectivity index is 1.63. The number of oxazole rings is 1. The van der Waals surface area contributed by atoms with E-state index >= 15 is 0 Å². The fourth-order valence-corrected chi connectivity index (χ4v) is 3.59. The maximum Gasteiger partial charge on any atom is 0.257 e. The Morgan fingerprint density at radius 3 is 2.95 bits per heavy atom. The molecule has 3 rings (SSSR count). The zero-order valence-electron chi connectivity index (χ0n) is 11.1. The number of ketones is 1. The zero-order chi connectivity index (χ0) is 13.9. The standard InChI is InChI=1S/C15H16ClNO2S/c16-11-6-7-12-14(8-11)19-15(17-12)20-9-13(18)10-4-2-1-3-5-10/h6-8,10H,1-5,9H2. The van der Waals surface area contributed by atoms with Crippen LogP contribution >= 0.6 is 23.4 Å². The van der Waals surface area contributed by atoms with Crippen LogP contribution in [0.25, 0.3) is 11.1 Å². The van der Waals surface area contributed by atoms with Crippen molar-refractivity contribution in [3.05, 3.63) is 23.2 Å². The molecule has 0 N–H and O–H groups in total. The highest BCUT2D eigenvalue weighted by Gasteiger charge is 2.21. The molecule has 1 aromatic heterocycles. The van der Waals surface area contributed by atoms with E-state index in [-0.39, 0.29) is 5.92 Å². The van der Waals surface area contributed by atoms with Crippen molar-refractivity contribution in [1.82, 2.24) is 4.98 Å². The Morgan fingerprint density at radius 1 is 1.35 bits per heavy atom. The van der Waals surface area contributed by atoms with E-state index in [2.05, 4.69) is 4.98 Å². The second-order valence-corrected chi connectivity index (χ2v) is 6.54. The number of carbonyl (C=O) groups excluding carboxylic acids is 1. The normalized spacial score (nSPS) is 16.6. The summed E-state index contributed by atoms with van der Waals surface area (Å²) in [5.41, 5.74) is 1.45. The van der Waals surface area contributed by atoms with Crippen LogP contribution in [0.15, 0.2) is 27.8 Å². The highest BCUT2D eigenvalue weighted by Crippen LogP contribution is 2.29. The van der Waals surface area contributed by atoms with Gasteiger partial charge >= 0.3 is 0 Å². The Kier molecular flexibility index (Phi) is 4.32. The molecule has 0 saturated heterocycles. The molecular formula is C15H16ClNO2S. The fraction of sp³-hybridized carbons (Fsp3) is 0.467. The zero-order valence-corrected chi connectivity index (χ0v) is 12.7. The van der Waals surface area contributed by atoms with Gasteiger partial charge < -0.3 is 4.42 Å². The Labute approximate surface area is 127 Å².